The molecule has 0 spiro atoms. The van der Waals surface area contributed by atoms with Gasteiger partial charge in [-0.05, 0) is 30.2 Å². The third-order valence-corrected chi connectivity index (χ3v) is 3.52. The second kappa shape index (κ2) is 7.29. The molecular formula is C16H20O2S. The van der Waals surface area contributed by atoms with Crippen LogP contribution in [0.25, 0.3) is 0 Å². The lowest BCUT2D eigenvalue weighted by Crippen LogP contribution is -2.17. The third-order valence-electron chi connectivity index (χ3n) is 3.23. The fourth-order valence-electron chi connectivity index (χ4n) is 2.20. The van der Waals surface area contributed by atoms with Crippen LogP contribution in [0.5, 0.6) is 0 Å². The summed E-state index contributed by atoms with van der Waals surface area (Å²) in [7, 11) is 0. The molecule has 0 aliphatic carbocycles. The Morgan fingerprint density at radius 3 is 2.21 bits per heavy atom. The van der Waals surface area contributed by atoms with E-state index in [0.717, 1.165) is 18.3 Å². The summed E-state index contributed by atoms with van der Waals surface area (Å²) in [6.45, 7) is 5.73. The second-order valence-electron chi connectivity index (χ2n) is 5.27. The van der Waals surface area contributed by atoms with E-state index in [9.17, 15) is 9.59 Å². The van der Waals surface area contributed by atoms with Crippen LogP contribution in [0.4, 0.5) is 0 Å². The van der Waals surface area contributed by atoms with Crippen LogP contribution in [0.1, 0.15) is 49.0 Å². The molecule has 19 heavy (non-hydrogen) atoms. The Bertz CT molecular complexity index is 448. The van der Waals surface area contributed by atoms with Crippen molar-refractivity contribution >= 4 is 29.7 Å². The van der Waals surface area contributed by atoms with Gasteiger partial charge >= 0.3 is 0 Å². The number of rotatable bonds is 7. The van der Waals surface area contributed by atoms with Crippen molar-refractivity contribution in [2.75, 3.05) is 0 Å². The van der Waals surface area contributed by atoms with E-state index in [0.29, 0.717) is 11.5 Å². The summed E-state index contributed by atoms with van der Waals surface area (Å²) < 4.78 is 0. The number of aldehydes is 1. The fourth-order valence-corrected chi connectivity index (χ4v) is 2.56. The van der Waals surface area contributed by atoms with Gasteiger partial charge in [0.1, 0.15) is 6.29 Å². The highest BCUT2D eigenvalue weighted by atomic mass is 32.1. The van der Waals surface area contributed by atoms with Crippen molar-refractivity contribution in [3.05, 3.63) is 35.4 Å². The highest BCUT2D eigenvalue weighted by molar-refractivity contribution is 7.79. The molecule has 0 fully saturated rings. The maximum atomic E-state index is 11.3. The highest BCUT2D eigenvalue weighted by Gasteiger charge is 2.21. The van der Waals surface area contributed by atoms with E-state index in [-0.39, 0.29) is 17.6 Å². The van der Waals surface area contributed by atoms with Gasteiger partial charge in [-0.2, -0.15) is 0 Å². The summed E-state index contributed by atoms with van der Waals surface area (Å²) in [6.07, 6.45) is 1.81. The first kappa shape index (κ1) is 15.7. The molecule has 0 bridgehead atoms. The number of carbonyl (C=O) groups is 2. The van der Waals surface area contributed by atoms with Crippen LogP contribution in [0.3, 0.4) is 0 Å². The topological polar surface area (TPSA) is 34.1 Å². The van der Waals surface area contributed by atoms with Gasteiger partial charge in [-0.1, -0.05) is 50.3 Å². The maximum Gasteiger partial charge on any atom is 0.159 e. The van der Waals surface area contributed by atoms with Gasteiger partial charge in [-0.3, -0.25) is 4.79 Å². The molecule has 1 aromatic rings. The molecule has 3 heteroatoms. The molecule has 0 aliphatic heterocycles. The number of carbonyl (C=O) groups excluding carboxylic acids is 2. The summed E-state index contributed by atoms with van der Waals surface area (Å²) in [4.78, 5) is 22.5. The van der Waals surface area contributed by atoms with Crippen molar-refractivity contribution in [3.8, 4) is 0 Å². The first-order chi connectivity index (χ1) is 8.99. The van der Waals surface area contributed by atoms with E-state index in [1.165, 1.54) is 0 Å². The normalized spacial score (nSPS) is 13.9. The minimum atomic E-state index is -0.0966. The van der Waals surface area contributed by atoms with Crippen molar-refractivity contribution < 1.29 is 9.59 Å². The van der Waals surface area contributed by atoms with Gasteiger partial charge in [-0.15, -0.1) is 0 Å². The smallest absolute Gasteiger partial charge is 0.159 e. The molecule has 2 nitrogen and oxygen atoms in total. The van der Waals surface area contributed by atoms with Crippen molar-refractivity contribution in [3.63, 3.8) is 0 Å². The van der Waals surface area contributed by atoms with E-state index in [1.807, 2.05) is 12.1 Å². The zero-order valence-electron chi connectivity index (χ0n) is 11.6. The highest BCUT2D eigenvalue weighted by Crippen LogP contribution is 2.27. The minimum absolute atomic E-state index is 0.0413. The lowest BCUT2D eigenvalue weighted by molar-refractivity contribution is -0.111. The molecule has 0 saturated heterocycles. The molecule has 0 amide bonds. The molecule has 2 unspecified atom stereocenters. The molecule has 0 heterocycles. The molecule has 2 atom stereocenters. The summed E-state index contributed by atoms with van der Waals surface area (Å²) in [5.41, 5.74) is 1.68. The molecular weight excluding hydrogens is 256 g/mol. The number of Topliss-reactive ketones (excluding diaryl/α,β-unsaturated/α-hetero) is 1. The van der Waals surface area contributed by atoms with E-state index < -0.39 is 0 Å². The fraction of sp³-hybridized carbons (Fsp3) is 0.438. The quantitative estimate of drug-likeness (QED) is 0.431. The Morgan fingerprint density at radius 1 is 1.26 bits per heavy atom. The van der Waals surface area contributed by atoms with E-state index >= 15 is 0 Å². The SMILES string of the molecule is CC(=O)c1ccc(C(C=S)C(C=O)CC(C)C)cc1. The van der Waals surface area contributed by atoms with Gasteiger partial charge in [0.15, 0.2) is 5.78 Å². The molecule has 1 rings (SSSR count). The number of ketones is 1. The largest absolute Gasteiger partial charge is 0.303 e. The maximum absolute atomic E-state index is 11.3. The first-order valence-electron chi connectivity index (χ1n) is 6.51. The van der Waals surface area contributed by atoms with Crippen LogP contribution in [-0.2, 0) is 4.79 Å². The average Bonchev–Trinajstić information content (AvgIpc) is 2.38. The van der Waals surface area contributed by atoms with E-state index in [2.05, 4.69) is 13.8 Å². The Labute approximate surface area is 120 Å². The van der Waals surface area contributed by atoms with Crippen LogP contribution in [0.2, 0.25) is 0 Å². The number of hydrogen-bond acceptors (Lipinski definition) is 3. The predicted octanol–water partition coefficient (Wildman–Crippen LogP) is 3.83. The first-order valence-corrected chi connectivity index (χ1v) is 6.98. The van der Waals surface area contributed by atoms with Crippen LogP contribution in [0.15, 0.2) is 24.3 Å². The lowest BCUT2D eigenvalue weighted by atomic mass is 9.83. The molecule has 0 aliphatic rings. The standard InChI is InChI=1S/C16H20O2S/c1-11(2)8-15(9-17)16(10-19)14-6-4-13(5-7-14)12(3)18/h4-7,9-11,15-16H,8H2,1-3H3. The van der Waals surface area contributed by atoms with Gasteiger partial charge < -0.3 is 4.79 Å². The van der Waals surface area contributed by atoms with E-state index in [1.54, 1.807) is 24.4 Å². The predicted molar refractivity (Wildman–Crippen MR) is 81.9 cm³/mol. The number of hydrogen-bond donors (Lipinski definition) is 0. The Hall–Kier alpha value is -1.35. The van der Waals surface area contributed by atoms with Crippen molar-refractivity contribution in [1.82, 2.24) is 0 Å². The van der Waals surface area contributed by atoms with Gasteiger partial charge in [0.05, 0.1) is 0 Å². The van der Waals surface area contributed by atoms with Gasteiger partial charge in [-0.25, -0.2) is 0 Å². The van der Waals surface area contributed by atoms with Crippen molar-refractivity contribution in [2.24, 2.45) is 11.8 Å². The zero-order chi connectivity index (χ0) is 14.4. The Kier molecular flexibility index (Phi) is 6.03. The van der Waals surface area contributed by atoms with E-state index in [4.69, 9.17) is 12.2 Å². The Morgan fingerprint density at radius 2 is 1.84 bits per heavy atom. The number of thiocarbonyl (C=S) groups is 1. The van der Waals surface area contributed by atoms with Crippen LogP contribution in [0, 0.1) is 11.8 Å². The average molecular weight is 276 g/mol. The van der Waals surface area contributed by atoms with Crippen molar-refractivity contribution in [1.29, 1.82) is 0 Å². The third kappa shape index (κ3) is 4.35. The number of benzene rings is 1. The Balaban J connectivity index is 2.98. The van der Waals surface area contributed by atoms with Crippen LogP contribution in [-0.4, -0.2) is 17.4 Å². The van der Waals surface area contributed by atoms with Crippen LogP contribution >= 0.6 is 12.2 Å². The molecule has 0 saturated carbocycles. The molecule has 1 aromatic carbocycles. The van der Waals surface area contributed by atoms with Crippen molar-refractivity contribution in [2.45, 2.75) is 33.1 Å². The lowest BCUT2D eigenvalue weighted by Gasteiger charge is -2.21. The second-order valence-corrected chi connectivity index (χ2v) is 5.54. The van der Waals surface area contributed by atoms with Gasteiger partial charge in [0.25, 0.3) is 0 Å². The monoisotopic (exact) mass is 276 g/mol. The molecule has 0 radical (unpaired) electrons. The summed E-state index contributed by atoms with van der Waals surface area (Å²) in [5, 5.41) is 1.66. The zero-order valence-corrected chi connectivity index (χ0v) is 12.4. The summed E-state index contributed by atoms with van der Waals surface area (Å²) in [5.74, 6) is 0.334. The van der Waals surface area contributed by atoms with Gasteiger partial charge in [0.2, 0.25) is 0 Å². The molecule has 102 valence electrons. The molecule has 0 aromatic heterocycles. The molecule has 0 N–H and O–H groups in total. The van der Waals surface area contributed by atoms with Gasteiger partial charge in [0, 0.05) is 17.4 Å². The summed E-state index contributed by atoms with van der Waals surface area (Å²) in [6, 6.07) is 7.36. The minimum Gasteiger partial charge on any atom is -0.303 e. The summed E-state index contributed by atoms with van der Waals surface area (Å²) >= 11 is 5.08. The van der Waals surface area contributed by atoms with Crippen LogP contribution < -0.4 is 0 Å².